The van der Waals surface area contributed by atoms with Gasteiger partial charge in [0.05, 0.1) is 7.11 Å². The van der Waals surface area contributed by atoms with E-state index in [-0.39, 0.29) is 5.92 Å². The minimum absolute atomic E-state index is 0.199. The lowest BCUT2D eigenvalue weighted by Crippen LogP contribution is -2.23. The van der Waals surface area contributed by atoms with Gasteiger partial charge in [0.2, 0.25) is 0 Å². The number of aliphatic carboxylic acids is 1. The fourth-order valence-corrected chi connectivity index (χ4v) is 2.13. The molecule has 0 radical (unpaired) electrons. The van der Waals surface area contributed by atoms with Crippen LogP contribution in [0.5, 0.6) is 5.75 Å². The Hall–Kier alpha value is -1.55. The second-order valence-corrected chi connectivity index (χ2v) is 4.58. The predicted octanol–water partition coefficient (Wildman–Crippen LogP) is 2.47. The van der Waals surface area contributed by atoms with Crippen LogP contribution in [0.1, 0.15) is 49.4 Å². The normalized spacial score (nSPS) is 12.6. The molecule has 0 heterocycles. The topological polar surface area (TPSA) is 72.6 Å². The van der Waals surface area contributed by atoms with Gasteiger partial charge in [-0.2, -0.15) is 0 Å². The summed E-state index contributed by atoms with van der Waals surface area (Å²) in [5.74, 6) is -0.229. The largest absolute Gasteiger partial charge is 0.496 e. The van der Waals surface area contributed by atoms with Gasteiger partial charge in [0.15, 0.2) is 0 Å². The first kappa shape index (κ1) is 14.5. The number of ether oxygens (including phenoxy) is 1. The van der Waals surface area contributed by atoms with E-state index in [2.05, 4.69) is 0 Å². The van der Waals surface area contributed by atoms with E-state index in [0.717, 1.165) is 17.5 Å². The van der Waals surface area contributed by atoms with Gasteiger partial charge in [-0.25, -0.2) is 0 Å². The van der Waals surface area contributed by atoms with E-state index in [0.29, 0.717) is 11.3 Å². The van der Waals surface area contributed by atoms with E-state index in [4.69, 9.17) is 15.6 Å². The van der Waals surface area contributed by atoms with Crippen LogP contribution >= 0.6 is 0 Å². The Bertz CT molecular complexity index is 441. The van der Waals surface area contributed by atoms with E-state index in [1.165, 1.54) is 0 Å². The zero-order valence-corrected chi connectivity index (χ0v) is 11.4. The van der Waals surface area contributed by atoms with Crippen LogP contribution in [-0.4, -0.2) is 18.2 Å². The Kier molecular flexibility index (Phi) is 4.73. The molecule has 1 aromatic carbocycles. The number of hydrogen-bond donors (Lipinski definition) is 2. The summed E-state index contributed by atoms with van der Waals surface area (Å²) >= 11 is 0. The van der Waals surface area contributed by atoms with E-state index in [1.807, 2.05) is 32.9 Å². The Morgan fingerprint density at radius 3 is 2.44 bits per heavy atom. The van der Waals surface area contributed by atoms with Gasteiger partial charge < -0.3 is 15.6 Å². The number of methoxy groups -OCH3 is 1. The van der Waals surface area contributed by atoms with Crippen molar-refractivity contribution in [1.82, 2.24) is 0 Å². The molecule has 1 unspecified atom stereocenters. The van der Waals surface area contributed by atoms with Crippen LogP contribution in [0.25, 0.3) is 0 Å². The van der Waals surface area contributed by atoms with Gasteiger partial charge in [-0.3, -0.25) is 4.79 Å². The van der Waals surface area contributed by atoms with Gasteiger partial charge in [-0.1, -0.05) is 32.9 Å². The number of hydrogen-bond acceptors (Lipinski definition) is 3. The fourth-order valence-electron chi connectivity index (χ4n) is 2.13. The molecule has 0 amide bonds. The third-order valence-electron chi connectivity index (χ3n) is 3.10. The fraction of sp³-hybridized carbons (Fsp3) is 0.500. The van der Waals surface area contributed by atoms with Crippen molar-refractivity contribution in [1.29, 1.82) is 0 Å². The summed E-state index contributed by atoms with van der Waals surface area (Å²) in [5, 5.41) is 9.14. The van der Waals surface area contributed by atoms with Gasteiger partial charge in [-0.05, 0) is 23.5 Å². The monoisotopic (exact) mass is 251 g/mol. The first-order valence-electron chi connectivity index (χ1n) is 6.12. The summed E-state index contributed by atoms with van der Waals surface area (Å²) in [5.41, 5.74) is 8.30. The van der Waals surface area contributed by atoms with E-state index >= 15 is 0 Å². The van der Waals surface area contributed by atoms with Gasteiger partial charge in [0, 0.05) is 5.56 Å². The van der Waals surface area contributed by atoms with Crippen molar-refractivity contribution < 1.29 is 14.6 Å². The van der Waals surface area contributed by atoms with Gasteiger partial charge >= 0.3 is 5.97 Å². The van der Waals surface area contributed by atoms with Crippen molar-refractivity contribution >= 4 is 5.97 Å². The van der Waals surface area contributed by atoms with Gasteiger partial charge in [0.1, 0.15) is 11.8 Å². The smallest absolute Gasteiger partial charge is 0.325 e. The van der Waals surface area contributed by atoms with Crippen molar-refractivity contribution in [3.8, 4) is 5.75 Å². The summed E-state index contributed by atoms with van der Waals surface area (Å²) in [6.45, 7) is 6.03. The van der Waals surface area contributed by atoms with Crippen LogP contribution in [0.3, 0.4) is 0 Å². The second-order valence-electron chi connectivity index (χ2n) is 4.58. The highest BCUT2D eigenvalue weighted by Gasteiger charge is 2.25. The number of carboxylic acids is 1. The molecule has 0 aliphatic rings. The zero-order chi connectivity index (χ0) is 13.9. The Labute approximate surface area is 108 Å². The maximum Gasteiger partial charge on any atom is 0.325 e. The molecule has 3 N–H and O–H groups in total. The molecule has 1 atom stereocenters. The molecule has 0 saturated carbocycles. The van der Waals surface area contributed by atoms with Crippen LogP contribution in [0.15, 0.2) is 12.1 Å². The number of benzene rings is 1. The molecule has 0 aromatic heterocycles. The number of aryl methyl sites for hydroxylation is 1. The van der Waals surface area contributed by atoms with Crippen molar-refractivity contribution in [3.63, 3.8) is 0 Å². The Balaban J connectivity index is 3.52. The maximum absolute atomic E-state index is 11.2. The highest BCUT2D eigenvalue weighted by atomic mass is 16.5. The minimum atomic E-state index is -1.05. The lowest BCUT2D eigenvalue weighted by atomic mass is 9.89. The summed E-state index contributed by atoms with van der Waals surface area (Å²) in [6.07, 6.45) is 0.779. The van der Waals surface area contributed by atoms with Gasteiger partial charge in [0.25, 0.3) is 0 Å². The molecule has 100 valence electrons. The van der Waals surface area contributed by atoms with E-state index < -0.39 is 12.0 Å². The number of carboxylic acid groups (broad SMARTS) is 1. The molecule has 0 aliphatic carbocycles. The molecule has 0 saturated heterocycles. The van der Waals surface area contributed by atoms with Crippen LogP contribution < -0.4 is 10.5 Å². The summed E-state index contributed by atoms with van der Waals surface area (Å²) < 4.78 is 5.39. The molecule has 1 aromatic rings. The molecule has 4 nitrogen and oxygen atoms in total. The predicted molar refractivity (Wildman–Crippen MR) is 71.0 cm³/mol. The zero-order valence-electron chi connectivity index (χ0n) is 11.4. The average molecular weight is 251 g/mol. The van der Waals surface area contributed by atoms with Crippen molar-refractivity contribution in [2.45, 2.75) is 39.2 Å². The van der Waals surface area contributed by atoms with Crippen molar-refractivity contribution in [2.75, 3.05) is 7.11 Å². The molecular formula is C14H21NO3. The van der Waals surface area contributed by atoms with Crippen LogP contribution in [0.2, 0.25) is 0 Å². The summed E-state index contributed by atoms with van der Waals surface area (Å²) in [6, 6.07) is 2.87. The molecule has 18 heavy (non-hydrogen) atoms. The summed E-state index contributed by atoms with van der Waals surface area (Å²) in [7, 11) is 1.55. The molecule has 1 rings (SSSR count). The van der Waals surface area contributed by atoms with Crippen LogP contribution in [-0.2, 0) is 11.2 Å². The molecule has 0 aliphatic heterocycles. The maximum atomic E-state index is 11.2. The molecular weight excluding hydrogens is 230 g/mol. The van der Waals surface area contributed by atoms with Gasteiger partial charge in [-0.15, -0.1) is 0 Å². The highest BCUT2D eigenvalue weighted by molar-refractivity contribution is 5.77. The molecule has 4 heteroatoms. The SMILES string of the molecule is CCc1ccc(C(C)C)c(C(N)C(=O)O)c1OC. The number of carbonyl (C=O) groups is 1. The van der Waals surface area contributed by atoms with Crippen molar-refractivity contribution in [3.05, 3.63) is 28.8 Å². The summed E-state index contributed by atoms with van der Waals surface area (Å²) in [4.78, 5) is 11.2. The number of rotatable bonds is 5. The lowest BCUT2D eigenvalue weighted by molar-refractivity contribution is -0.138. The first-order valence-corrected chi connectivity index (χ1v) is 6.12. The third kappa shape index (κ3) is 2.64. The minimum Gasteiger partial charge on any atom is -0.496 e. The second kappa shape index (κ2) is 5.87. The third-order valence-corrected chi connectivity index (χ3v) is 3.10. The Morgan fingerprint density at radius 2 is 2.06 bits per heavy atom. The first-order chi connectivity index (χ1) is 8.43. The molecule has 0 spiro atoms. The van der Waals surface area contributed by atoms with Crippen LogP contribution in [0.4, 0.5) is 0 Å². The van der Waals surface area contributed by atoms with E-state index in [1.54, 1.807) is 7.11 Å². The average Bonchev–Trinajstić information content (AvgIpc) is 2.35. The molecule has 0 fully saturated rings. The van der Waals surface area contributed by atoms with Crippen molar-refractivity contribution in [2.24, 2.45) is 5.73 Å². The lowest BCUT2D eigenvalue weighted by Gasteiger charge is -2.21. The molecule has 0 bridgehead atoms. The Morgan fingerprint density at radius 1 is 1.44 bits per heavy atom. The van der Waals surface area contributed by atoms with E-state index in [9.17, 15) is 4.79 Å². The number of nitrogens with two attached hydrogens (primary N) is 1. The van der Waals surface area contributed by atoms with Crippen LogP contribution in [0, 0.1) is 0 Å². The standard InChI is InChI=1S/C14H21NO3/c1-5-9-6-7-10(8(2)3)11(13(9)18-4)12(15)14(16)17/h6-8,12H,5,15H2,1-4H3,(H,16,17). The highest BCUT2D eigenvalue weighted by Crippen LogP contribution is 2.35. The quantitative estimate of drug-likeness (QED) is 0.843.